The predicted molar refractivity (Wildman–Crippen MR) is 86.1 cm³/mol. The summed E-state index contributed by atoms with van der Waals surface area (Å²) in [6, 6.07) is 0. The average molecular weight is 323 g/mol. The normalized spacial score (nSPS) is 17.9. The predicted octanol–water partition coefficient (Wildman–Crippen LogP) is 2.16. The van der Waals surface area contributed by atoms with E-state index in [0.717, 1.165) is 25.9 Å². The number of esters is 1. The largest absolute Gasteiger partial charge is 0.451 e. The number of ether oxygens (including phenoxy) is 1. The maximum atomic E-state index is 12.0. The third-order valence-corrected chi connectivity index (χ3v) is 4.25. The number of hydrogen-bond donors (Lipinski definition) is 1. The number of thiazole rings is 1. The van der Waals surface area contributed by atoms with E-state index >= 15 is 0 Å². The fourth-order valence-electron chi connectivity index (χ4n) is 2.32. The second kappa shape index (κ2) is 7.93. The number of amides is 1. The number of carbonyl (C=O) groups is 2. The summed E-state index contributed by atoms with van der Waals surface area (Å²) in [5.74, 6) is -0.202. The van der Waals surface area contributed by atoms with Gasteiger partial charge in [0.05, 0.1) is 0 Å². The third-order valence-electron chi connectivity index (χ3n) is 3.45. The van der Waals surface area contributed by atoms with Crippen molar-refractivity contribution in [2.24, 2.45) is 5.92 Å². The highest BCUT2D eigenvalue weighted by molar-refractivity contribution is 7.13. The van der Waals surface area contributed by atoms with Gasteiger partial charge in [-0.25, -0.2) is 9.78 Å². The molecule has 0 bridgehead atoms. The summed E-state index contributed by atoms with van der Waals surface area (Å²) in [6.07, 6.45) is 3.85. The number of nitrogens with zero attached hydrogens (tertiary/aromatic N) is 2. The third kappa shape index (κ3) is 4.56. The quantitative estimate of drug-likeness (QED) is 0.641. The number of hydrogen-bond acceptors (Lipinski definition) is 6. The summed E-state index contributed by atoms with van der Waals surface area (Å²) in [6.45, 7) is 7.56. The van der Waals surface area contributed by atoms with Gasteiger partial charge in [0.25, 0.3) is 5.91 Å². The van der Waals surface area contributed by atoms with Crippen LogP contribution in [0.15, 0.2) is 18.0 Å². The molecular formula is C15H21N3O3S. The zero-order valence-electron chi connectivity index (χ0n) is 12.7. The Hall–Kier alpha value is -1.89. The molecule has 2 rings (SSSR count). The summed E-state index contributed by atoms with van der Waals surface area (Å²) in [4.78, 5) is 29.8. The molecule has 120 valence electrons. The van der Waals surface area contributed by atoms with Gasteiger partial charge in [-0.15, -0.1) is 17.9 Å². The number of piperidine rings is 1. The number of carbonyl (C=O) groups excluding carboxylic acids is 2. The Morgan fingerprint density at radius 2 is 2.45 bits per heavy atom. The zero-order valence-corrected chi connectivity index (χ0v) is 13.5. The van der Waals surface area contributed by atoms with Crippen molar-refractivity contribution in [2.75, 3.05) is 31.6 Å². The fourth-order valence-corrected chi connectivity index (χ4v) is 3.01. The molecule has 1 aromatic rings. The summed E-state index contributed by atoms with van der Waals surface area (Å²) in [5.41, 5.74) is 0.219. The molecule has 0 saturated carbocycles. The van der Waals surface area contributed by atoms with Crippen molar-refractivity contribution in [2.45, 2.75) is 19.8 Å². The topological polar surface area (TPSA) is 71.5 Å². The lowest BCUT2D eigenvalue weighted by Gasteiger charge is -2.30. The first kappa shape index (κ1) is 16.5. The summed E-state index contributed by atoms with van der Waals surface area (Å²) in [5, 5.41) is 5.24. The molecule has 0 radical (unpaired) electrons. The van der Waals surface area contributed by atoms with Gasteiger partial charge >= 0.3 is 5.97 Å². The lowest BCUT2D eigenvalue weighted by atomic mass is 10.0. The molecule has 6 nitrogen and oxygen atoms in total. The molecule has 0 aromatic carbocycles. The van der Waals surface area contributed by atoms with Gasteiger partial charge in [0.15, 0.2) is 17.4 Å². The highest BCUT2D eigenvalue weighted by atomic mass is 32.1. The van der Waals surface area contributed by atoms with Crippen LogP contribution < -0.4 is 5.32 Å². The van der Waals surface area contributed by atoms with E-state index in [1.165, 1.54) is 11.3 Å². The minimum atomic E-state index is -0.568. The van der Waals surface area contributed by atoms with Gasteiger partial charge in [-0.2, -0.15) is 0 Å². The van der Waals surface area contributed by atoms with Crippen LogP contribution in [-0.2, 0) is 9.53 Å². The Balaban J connectivity index is 1.80. The second-order valence-corrected chi connectivity index (χ2v) is 6.23. The maximum absolute atomic E-state index is 12.0. The zero-order chi connectivity index (χ0) is 15.9. The molecule has 1 saturated heterocycles. The lowest BCUT2D eigenvalue weighted by Crippen LogP contribution is -2.41. The Kier molecular flexibility index (Phi) is 5.94. The van der Waals surface area contributed by atoms with Gasteiger partial charge in [0.1, 0.15) is 0 Å². The van der Waals surface area contributed by atoms with Gasteiger partial charge in [-0.05, 0) is 18.8 Å². The SMILES string of the molecule is C=CCNc1nc(C(=O)OCC(=O)N2CCCC(C)C2)cs1. The van der Waals surface area contributed by atoms with Crippen LogP contribution >= 0.6 is 11.3 Å². The lowest BCUT2D eigenvalue weighted by molar-refractivity contribution is -0.136. The first-order valence-corrected chi connectivity index (χ1v) is 8.23. The number of nitrogens with one attached hydrogen (secondary N) is 1. The molecule has 1 aliphatic heterocycles. The Bertz CT molecular complexity index is 544. The summed E-state index contributed by atoms with van der Waals surface area (Å²) in [7, 11) is 0. The maximum Gasteiger partial charge on any atom is 0.358 e. The molecule has 1 amide bonds. The van der Waals surface area contributed by atoms with E-state index in [4.69, 9.17) is 4.74 Å². The van der Waals surface area contributed by atoms with Gasteiger partial charge in [-0.3, -0.25) is 4.79 Å². The van der Waals surface area contributed by atoms with Crippen LogP contribution in [0.25, 0.3) is 0 Å². The Labute approximate surface area is 134 Å². The van der Waals surface area contributed by atoms with E-state index < -0.39 is 5.97 Å². The van der Waals surface area contributed by atoms with Crippen molar-refractivity contribution >= 4 is 28.3 Å². The van der Waals surface area contributed by atoms with Crippen LogP contribution in [0.2, 0.25) is 0 Å². The number of anilines is 1. The van der Waals surface area contributed by atoms with Crippen LogP contribution in [0.5, 0.6) is 0 Å². The highest BCUT2D eigenvalue weighted by Crippen LogP contribution is 2.17. The monoisotopic (exact) mass is 323 g/mol. The molecule has 0 spiro atoms. The smallest absolute Gasteiger partial charge is 0.358 e. The Morgan fingerprint density at radius 3 is 3.18 bits per heavy atom. The Morgan fingerprint density at radius 1 is 1.64 bits per heavy atom. The van der Waals surface area contributed by atoms with Gasteiger partial charge < -0.3 is 15.0 Å². The van der Waals surface area contributed by atoms with Crippen molar-refractivity contribution in [1.82, 2.24) is 9.88 Å². The molecule has 1 fully saturated rings. The second-order valence-electron chi connectivity index (χ2n) is 5.37. The molecule has 1 aliphatic rings. The van der Waals surface area contributed by atoms with E-state index in [-0.39, 0.29) is 18.2 Å². The van der Waals surface area contributed by atoms with E-state index in [1.807, 2.05) is 0 Å². The molecule has 1 aromatic heterocycles. The van der Waals surface area contributed by atoms with Crippen LogP contribution in [0.4, 0.5) is 5.13 Å². The van der Waals surface area contributed by atoms with E-state index in [9.17, 15) is 9.59 Å². The van der Waals surface area contributed by atoms with Crippen LogP contribution in [0.1, 0.15) is 30.3 Å². The number of rotatable bonds is 6. The average Bonchev–Trinajstić information content (AvgIpc) is 2.99. The first-order valence-electron chi connectivity index (χ1n) is 7.35. The number of aromatic nitrogens is 1. The summed E-state index contributed by atoms with van der Waals surface area (Å²) < 4.78 is 5.06. The summed E-state index contributed by atoms with van der Waals surface area (Å²) >= 11 is 1.31. The van der Waals surface area contributed by atoms with Crippen molar-refractivity contribution in [1.29, 1.82) is 0 Å². The molecule has 2 heterocycles. The molecule has 7 heteroatoms. The molecule has 1 atom stereocenters. The van der Waals surface area contributed by atoms with E-state index in [0.29, 0.717) is 17.6 Å². The molecule has 1 N–H and O–H groups in total. The van der Waals surface area contributed by atoms with Crippen molar-refractivity contribution in [3.05, 3.63) is 23.7 Å². The van der Waals surface area contributed by atoms with Crippen LogP contribution in [0, 0.1) is 5.92 Å². The standard InChI is InChI=1S/C15H21N3O3S/c1-3-6-16-15-17-12(10-22-15)14(20)21-9-13(19)18-7-4-5-11(2)8-18/h3,10-11H,1,4-9H2,2H3,(H,16,17). The molecule has 22 heavy (non-hydrogen) atoms. The fraction of sp³-hybridized carbons (Fsp3) is 0.533. The first-order chi connectivity index (χ1) is 10.6. The molecule has 0 aliphatic carbocycles. The van der Waals surface area contributed by atoms with E-state index in [2.05, 4.69) is 23.8 Å². The minimum Gasteiger partial charge on any atom is -0.451 e. The number of likely N-dealkylation sites (tertiary alicyclic amines) is 1. The van der Waals surface area contributed by atoms with E-state index in [1.54, 1.807) is 16.4 Å². The molecule has 1 unspecified atom stereocenters. The minimum absolute atomic E-state index is 0.139. The van der Waals surface area contributed by atoms with Gasteiger partial charge in [0, 0.05) is 25.0 Å². The van der Waals surface area contributed by atoms with Crippen LogP contribution in [-0.4, -0.2) is 48.0 Å². The molecular weight excluding hydrogens is 302 g/mol. The van der Waals surface area contributed by atoms with Crippen molar-refractivity contribution in [3.63, 3.8) is 0 Å². The van der Waals surface area contributed by atoms with Crippen molar-refractivity contribution in [3.8, 4) is 0 Å². The highest BCUT2D eigenvalue weighted by Gasteiger charge is 2.22. The van der Waals surface area contributed by atoms with Gasteiger partial charge in [-0.1, -0.05) is 13.0 Å². The van der Waals surface area contributed by atoms with Gasteiger partial charge in [0.2, 0.25) is 0 Å². The van der Waals surface area contributed by atoms with Crippen molar-refractivity contribution < 1.29 is 14.3 Å². The van der Waals surface area contributed by atoms with Crippen LogP contribution in [0.3, 0.4) is 0 Å².